The number of anilines is 1. The fourth-order valence-electron chi connectivity index (χ4n) is 2.42. The van der Waals surface area contributed by atoms with Crippen molar-refractivity contribution in [2.75, 3.05) is 4.90 Å². The van der Waals surface area contributed by atoms with Gasteiger partial charge in [0.1, 0.15) is 5.76 Å². The van der Waals surface area contributed by atoms with Crippen LogP contribution < -0.4 is 4.90 Å². The molecular weight excluding hydrogens is 238 g/mol. The molecule has 0 amide bonds. The number of furan rings is 1. The molecule has 0 saturated heterocycles. The molecule has 1 aromatic carbocycles. The Kier molecular flexibility index (Phi) is 3.30. The zero-order valence-electron chi connectivity index (χ0n) is 11.2. The van der Waals surface area contributed by atoms with Gasteiger partial charge >= 0.3 is 0 Å². The maximum atomic E-state index is 9.25. The average Bonchev–Trinajstić information content (AvgIpc) is 3.13. The van der Waals surface area contributed by atoms with Gasteiger partial charge in [0.15, 0.2) is 0 Å². The van der Waals surface area contributed by atoms with Crippen molar-refractivity contribution in [2.24, 2.45) is 0 Å². The van der Waals surface area contributed by atoms with Gasteiger partial charge in [-0.3, -0.25) is 0 Å². The molecule has 1 N–H and O–H groups in total. The quantitative estimate of drug-likeness (QED) is 0.893. The summed E-state index contributed by atoms with van der Waals surface area (Å²) >= 11 is 0. The Morgan fingerprint density at radius 1 is 1.32 bits per heavy atom. The summed E-state index contributed by atoms with van der Waals surface area (Å²) in [6, 6.07) is 10.9. The normalized spacial score (nSPS) is 14.6. The predicted octanol–water partition coefficient (Wildman–Crippen LogP) is 3.25. The van der Waals surface area contributed by atoms with Crippen molar-refractivity contribution in [1.82, 2.24) is 0 Å². The molecule has 19 heavy (non-hydrogen) atoms. The van der Waals surface area contributed by atoms with Crippen molar-refractivity contribution in [1.29, 1.82) is 0 Å². The van der Waals surface area contributed by atoms with Crippen molar-refractivity contribution in [3.63, 3.8) is 0 Å². The molecule has 1 fully saturated rings. The minimum Gasteiger partial charge on any atom is -0.467 e. The molecule has 3 nitrogen and oxygen atoms in total. The van der Waals surface area contributed by atoms with Crippen LogP contribution in [0.4, 0.5) is 5.69 Å². The van der Waals surface area contributed by atoms with Gasteiger partial charge in [-0.1, -0.05) is 6.07 Å². The van der Waals surface area contributed by atoms with E-state index in [4.69, 9.17) is 4.42 Å². The van der Waals surface area contributed by atoms with E-state index >= 15 is 0 Å². The van der Waals surface area contributed by atoms with Crippen molar-refractivity contribution in [3.8, 4) is 0 Å². The number of benzene rings is 1. The fourth-order valence-corrected chi connectivity index (χ4v) is 2.42. The Morgan fingerprint density at radius 2 is 2.16 bits per heavy atom. The number of hydrogen-bond donors (Lipinski definition) is 1. The van der Waals surface area contributed by atoms with E-state index in [2.05, 4.69) is 17.0 Å². The first kappa shape index (κ1) is 12.3. The van der Waals surface area contributed by atoms with Crippen LogP contribution >= 0.6 is 0 Å². The highest BCUT2D eigenvalue weighted by atomic mass is 16.3. The third-order valence-corrected chi connectivity index (χ3v) is 3.72. The lowest BCUT2D eigenvalue weighted by atomic mass is 10.1. The van der Waals surface area contributed by atoms with Crippen molar-refractivity contribution < 1.29 is 9.52 Å². The molecule has 0 radical (unpaired) electrons. The minimum absolute atomic E-state index is 0.105. The van der Waals surface area contributed by atoms with E-state index in [0.29, 0.717) is 6.04 Å². The Bertz CT molecular complexity index is 544. The number of nitrogens with zero attached hydrogens (tertiary/aromatic N) is 1. The molecule has 3 rings (SSSR count). The highest BCUT2D eigenvalue weighted by Gasteiger charge is 2.30. The van der Waals surface area contributed by atoms with Crippen molar-refractivity contribution >= 4 is 5.69 Å². The third-order valence-electron chi connectivity index (χ3n) is 3.72. The maximum absolute atomic E-state index is 9.25. The van der Waals surface area contributed by atoms with E-state index in [9.17, 15) is 5.11 Å². The van der Waals surface area contributed by atoms with Gasteiger partial charge in [-0.15, -0.1) is 0 Å². The van der Waals surface area contributed by atoms with Crippen LogP contribution in [0.25, 0.3) is 0 Å². The van der Waals surface area contributed by atoms with Gasteiger partial charge in [0, 0.05) is 11.7 Å². The first-order chi connectivity index (χ1) is 9.28. The largest absolute Gasteiger partial charge is 0.467 e. The van der Waals surface area contributed by atoms with Crippen LogP contribution in [-0.2, 0) is 13.2 Å². The molecule has 0 bridgehead atoms. The van der Waals surface area contributed by atoms with Gasteiger partial charge in [-0.2, -0.15) is 0 Å². The number of aryl methyl sites for hydroxylation is 1. The summed E-state index contributed by atoms with van der Waals surface area (Å²) in [6.07, 6.45) is 4.23. The monoisotopic (exact) mass is 257 g/mol. The Balaban J connectivity index is 1.85. The summed E-state index contributed by atoms with van der Waals surface area (Å²) in [5.74, 6) is 0.996. The Labute approximate surface area is 113 Å². The van der Waals surface area contributed by atoms with Gasteiger partial charge in [0.2, 0.25) is 0 Å². The van der Waals surface area contributed by atoms with E-state index < -0.39 is 0 Å². The topological polar surface area (TPSA) is 36.6 Å². The summed E-state index contributed by atoms with van der Waals surface area (Å²) in [6.45, 7) is 2.97. The predicted molar refractivity (Wildman–Crippen MR) is 75.0 cm³/mol. The third kappa shape index (κ3) is 2.66. The highest BCUT2D eigenvalue weighted by molar-refractivity contribution is 5.52. The van der Waals surface area contributed by atoms with Crippen LogP contribution in [0.5, 0.6) is 0 Å². The highest BCUT2D eigenvalue weighted by Crippen LogP contribution is 2.34. The molecule has 2 aromatic rings. The van der Waals surface area contributed by atoms with Gasteiger partial charge < -0.3 is 14.4 Å². The standard InChI is InChI=1S/C16H19NO2/c1-12-9-15(5-4-13(12)11-18)17(14-6-7-14)10-16-3-2-8-19-16/h2-5,8-9,14,18H,6-7,10-11H2,1H3. The molecule has 1 saturated carbocycles. The molecule has 0 unspecified atom stereocenters. The summed E-state index contributed by atoms with van der Waals surface area (Å²) in [5, 5.41) is 9.25. The lowest BCUT2D eigenvalue weighted by molar-refractivity contribution is 0.281. The second kappa shape index (κ2) is 5.10. The van der Waals surface area contributed by atoms with E-state index in [1.54, 1.807) is 6.26 Å². The van der Waals surface area contributed by atoms with E-state index in [0.717, 1.165) is 23.4 Å². The van der Waals surface area contributed by atoms with Crippen molar-refractivity contribution in [2.45, 2.75) is 39.0 Å². The SMILES string of the molecule is Cc1cc(N(Cc2ccco2)C2CC2)ccc1CO. The lowest BCUT2D eigenvalue weighted by Gasteiger charge is -2.24. The zero-order valence-corrected chi connectivity index (χ0v) is 11.2. The molecule has 0 spiro atoms. The number of hydrogen-bond acceptors (Lipinski definition) is 3. The second-order valence-electron chi connectivity index (χ2n) is 5.21. The van der Waals surface area contributed by atoms with Crippen LogP contribution in [0.15, 0.2) is 41.0 Å². The van der Waals surface area contributed by atoms with Gasteiger partial charge in [0.05, 0.1) is 19.4 Å². The number of aliphatic hydroxyl groups is 1. The zero-order chi connectivity index (χ0) is 13.2. The van der Waals surface area contributed by atoms with Gasteiger partial charge in [-0.05, 0) is 55.2 Å². The van der Waals surface area contributed by atoms with Crippen LogP contribution in [0.1, 0.15) is 29.7 Å². The maximum Gasteiger partial charge on any atom is 0.123 e. The summed E-state index contributed by atoms with van der Waals surface area (Å²) in [4.78, 5) is 2.40. The molecule has 1 aliphatic rings. The molecule has 1 heterocycles. The average molecular weight is 257 g/mol. The molecular formula is C16H19NO2. The Morgan fingerprint density at radius 3 is 2.74 bits per heavy atom. The van der Waals surface area contributed by atoms with Crippen LogP contribution in [0.2, 0.25) is 0 Å². The lowest BCUT2D eigenvalue weighted by Crippen LogP contribution is -2.24. The molecule has 1 aliphatic carbocycles. The molecule has 0 atom stereocenters. The number of rotatable bonds is 5. The van der Waals surface area contributed by atoms with Crippen LogP contribution in [0.3, 0.4) is 0 Å². The van der Waals surface area contributed by atoms with E-state index in [-0.39, 0.29) is 6.61 Å². The first-order valence-electron chi connectivity index (χ1n) is 6.77. The first-order valence-corrected chi connectivity index (χ1v) is 6.77. The molecule has 100 valence electrons. The van der Waals surface area contributed by atoms with Gasteiger partial charge in [-0.25, -0.2) is 0 Å². The number of aliphatic hydroxyl groups excluding tert-OH is 1. The Hall–Kier alpha value is -1.74. The summed E-state index contributed by atoms with van der Waals surface area (Å²) in [5.41, 5.74) is 3.36. The van der Waals surface area contributed by atoms with Crippen molar-refractivity contribution in [3.05, 3.63) is 53.5 Å². The summed E-state index contributed by atoms with van der Waals surface area (Å²) in [7, 11) is 0. The second-order valence-corrected chi connectivity index (χ2v) is 5.21. The van der Waals surface area contributed by atoms with Gasteiger partial charge in [0.25, 0.3) is 0 Å². The van der Waals surface area contributed by atoms with E-state index in [1.165, 1.54) is 18.5 Å². The molecule has 0 aliphatic heterocycles. The molecule has 3 heteroatoms. The van der Waals surface area contributed by atoms with E-state index in [1.807, 2.05) is 25.1 Å². The smallest absolute Gasteiger partial charge is 0.123 e. The van der Waals surface area contributed by atoms with Crippen LogP contribution in [0, 0.1) is 6.92 Å². The van der Waals surface area contributed by atoms with Crippen LogP contribution in [-0.4, -0.2) is 11.1 Å². The molecule has 1 aromatic heterocycles. The fraction of sp³-hybridized carbons (Fsp3) is 0.375. The minimum atomic E-state index is 0.105. The summed E-state index contributed by atoms with van der Waals surface area (Å²) < 4.78 is 5.46.